The van der Waals surface area contributed by atoms with Gasteiger partial charge in [-0.1, -0.05) is 18.2 Å². The molecule has 0 radical (unpaired) electrons. The molecule has 1 aromatic heterocycles. The van der Waals surface area contributed by atoms with Crippen LogP contribution in [0.2, 0.25) is 0 Å². The smallest absolute Gasteiger partial charge is 0.116 e. The van der Waals surface area contributed by atoms with Crippen LogP contribution >= 0.6 is 0 Å². The highest BCUT2D eigenvalue weighted by Crippen LogP contribution is 2.22. The molecular weight excluding hydrogens is 176 g/mol. The maximum Gasteiger partial charge on any atom is 0.116 e. The summed E-state index contributed by atoms with van der Waals surface area (Å²) in [5, 5.41) is 10.8. The van der Waals surface area contributed by atoms with Crippen LogP contribution in [0.5, 0.6) is 0 Å². The van der Waals surface area contributed by atoms with Gasteiger partial charge in [0.1, 0.15) is 6.10 Å². The topological polar surface area (TPSA) is 48.4 Å². The third-order valence-electron chi connectivity index (χ3n) is 2.23. The van der Waals surface area contributed by atoms with Crippen molar-refractivity contribution in [2.75, 3.05) is 7.05 Å². The summed E-state index contributed by atoms with van der Waals surface area (Å²) < 4.78 is 0. The van der Waals surface area contributed by atoms with E-state index in [1.807, 2.05) is 30.5 Å². The zero-order valence-electron chi connectivity index (χ0n) is 7.94. The number of rotatable bonds is 2. The second kappa shape index (κ2) is 3.64. The Morgan fingerprint density at radius 1 is 1.43 bits per heavy atom. The predicted molar refractivity (Wildman–Crippen MR) is 57.7 cm³/mol. The normalized spacial score (nSPS) is 13.9. The fourth-order valence-electron chi connectivity index (χ4n) is 1.56. The van der Waals surface area contributed by atoms with Gasteiger partial charge in [-0.3, -0.25) is 4.99 Å². The number of nitrogens with one attached hydrogen (secondary N) is 1. The third-order valence-corrected chi connectivity index (χ3v) is 2.23. The first-order valence-electron chi connectivity index (χ1n) is 4.49. The van der Waals surface area contributed by atoms with E-state index < -0.39 is 6.10 Å². The Bertz CT molecular complexity index is 459. The molecule has 3 nitrogen and oxygen atoms in total. The number of H-pyrrole nitrogens is 1. The highest BCUT2D eigenvalue weighted by atomic mass is 16.3. The molecule has 0 spiro atoms. The lowest BCUT2D eigenvalue weighted by Crippen LogP contribution is -1.96. The first-order valence-corrected chi connectivity index (χ1v) is 4.49. The van der Waals surface area contributed by atoms with Gasteiger partial charge in [0, 0.05) is 35.9 Å². The number of hydrogen-bond acceptors (Lipinski definition) is 2. The van der Waals surface area contributed by atoms with E-state index in [0.717, 1.165) is 16.5 Å². The summed E-state index contributed by atoms with van der Waals surface area (Å²) in [5.74, 6) is 0. The lowest BCUT2D eigenvalue weighted by atomic mass is 10.1. The number of nitrogens with zero attached hydrogens (tertiary/aromatic N) is 1. The average Bonchev–Trinajstić information content (AvgIpc) is 2.61. The molecule has 0 aliphatic rings. The Balaban J connectivity index is 2.52. The molecule has 0 aliphatic heterocycles. The van der Waals surface area contributed by atoms with E-state index in [2.05, 4.69) is 9.98 Å². The molecule has 1 atom stereocenters. The molecule has 2 N–H and O–H groups in total. The standard InChI is InChI=1S/C11H12N2O/c1-12-7-11(14)9-6-13-10-5-3-2-4-8(9)10/h2-7,11,13-14H,1H3. The van der Waals surface area contributed by atoms with Gasteiger partial charge in [-0.2, -0.15) is 0 Å². The van der Waals surface area contributed by atoms with Crippen molar-refractivity contribution in [3.8, 4) is 0 Å². The highest BCUT2D eigenvalue weighted by molar-refractivity contribution is 5.86. The Morgan fingerprint density at radius 2 is 2.21 bits per heavy atom. The zero-order chi connectivity index (χ0) is 9.97. The quantitative estimate of drug-likeness (QED) is 0.695. The molecule has 2 rings (SSSR count). The number of benzene rings is 1. The molecule has 0 aliphatic carbocycles. The Labute approximate surface area is 82.1 Å². The van der Waals surface area contributed by atoms with Gasteiger partial charge in [-0.15, -0.1) is 0 Å². The van der Waals surface area contributed by atoms with Gasteiger partial charge in [-0.25, -0.2) is 0 Å². The van der Waals surface area contributed by atoms with Crippen LogP contribution in [0.25, 0.3) is 10.9 Å². The number of fused-ring (bicyclic) bond motifs is 1. The number of aliphatic imine (C=N–C) groups is 1. The van der Waals surface area contributed by atoms with Crippen molar-refractivity contribution < 1.29 is 5.11 Å². The van der Waals surface area contributed by atoms with Gasteiger partial charge in [0.25, 0.3) is 0 Å². The summed E-state index contributed by atoms with van der Waals surface area (Å²) in [6.45, 7) is 0. The van der Waals surface area contributed by atoms with Crippen LogP contribution < -0.4 is 0 Å². The van der Waals surface area contributed by atoms with Crippen LogP contribution in [0.1, 0.15) is 11.7 Å². The Hall–Kier alpha value is -1.61. The maximum atomic E-state index is 9.74. The fraction of sp³-hybridized carbons (Fsp3) is 0.182. The maximum absolute atomic E-state index is 9.74. The molecule has 72 valence electrons. The molecule has 0 saturated heterocycles. The van der Waals surface area contributed by atoms with E-state index in [1.54, 1.807) is 7.05 Å². The predicted octanol–water partition coefficient (Wildman–Crippen LogP) is 1.90. The van der Waals surface area contributed by atoms with Crippen molar-refractivity contribution in [1.82, 2.24) is 4.98 Å². The van der Waals surface area contributed by atoms with Crippen LogP contribution in [-0.4, -0.2) is 23.4 Å². The summed E-state index contributed by atoms with van der Waals surface area (Å²) in [7, 11) is 1.65. The first kappa shape index (κ1) is 8.97. The van der Waals surface area contributed by atoms with Gasteiger partial charge in [0.2, 0.25) is 0 Å². The van der Waals surface area contributed by atoms with Crippen LogP contribution in [0.15, 0.2) is 35.5 Å². The number of hydrogen-bond donors (Lipinski definition) is 2. The van der Waals surface area contributed by atoms with Crippen LogP contribution in [0, 0.1) is 0 Å². The monoisotopic (exact) mass is 188 g/mol. The van der Waals surface area contributed by atoms with E-state index in [-0.39, 0.29) is 0 Å². The molecule has 3 heteroatoms. The van der Waals surface area contributed by atoms with E-state index in [1.165, 1.54) is 6.21 Å². The molecule has 0 fully saturated rings. The molecule has 1 heterocycles. The highest BCUT2D eigenvalue weighted by Gasteiger charge is 2.09. The number of aromatic nitrogens is 1. The number of para-hydroxylation sites is 1. The summed E-state index contributed by atoms with van der Waals surface area (Å²) in [6, 6.07) is 7.88. The summed E-state index contributed by atoms with van der Waals surface area (Å²) in [5.41, 5.74) is 1.90. The largest absolute Gasteiger partial charge is 0.383 e. The second-order valence-corrected chi connectivity index (χ2v) is 3.14. The minimum Gasteiger partial charge on any atom is -0.383 e. The van der Waals surface area contributed by atoms with Crippen LogP contribution in [0.3, 0.4) is 0 Å². The van der Waals surface area contributed by atoms with E-state index in [9.17, 15) is 5.11 Å². The van der Waals surface area contributed by atoms with E-state index in [0.29, 0.717) is 0 Å². The third kappa shape index (κ3) is 1.42. The Kier molecular flexibility index (Phi) is 2.33. The van der Waals surface area contributed by atoms with E-state index >= 15 is 0 Å². The van der Waals surface area contributed by atoms with Gasteiger partial charge in [0.15, 0.2) is 0 Å². The van der Waals surface area contributed by atoms with Crippen LogP contribution in [-0.2, 0) is 0 Å². The molecular formula is C11H12N2O. The SMILES string of the molecule is CN=CC(O)c1c[nH]c2ccccc12. The number of aromatic amines is 1. The molecule has 0 bridgehead atoms. The van der Waals surface area contributed by atoms with Gasteiger partial charge >= 0.3 is 0 Å². The van der Waals surface area contributed by atoms with Gasteiger partial charge in [-0.05, 0) is 6.07 Å². The molecule has 0 amide bonds. The summed E-state index contributed by atoms with van der Waals surface area (Å²) in [4.78, 5) is 6.92. The summed E-state index contributed by atoms with van der Waals surface area (Å²) >= 11 is 0. The molecule has 14 heavy (non-hydrogen) atoms. The van der Waals surface area contributed by atoms with Crippen molar-refractivity contribution >= 4 is 17.1 Å². The van der Waals surface area contributed by atoms with Crippen molar-refractivity contribution in [2.45, 2.75) is 6.10 Å². The first-order chi connectivity index (χ1) is 6.83. The minimum absolute atomic E-state index is 0.629. The lowest BCUT2D eigenvalue weighted by molar-refractivity contribution is 0.254. The second-order valence-electron chi connectivity index (χ2n) is 3.14. The lowest BCUT2D eigenvalue weighted by Gasteiger charge is -2.01. The van der Waals surface area contributed by atoms with Crippen molar-refractivity contribution in [1.29, 1.82) is 0 Å². The molecule has 0 saturated carbocycles. The van der Waals surface area contributed by atoms with Gasteiger partial charge < -0.3 is 10.1 Å². The van der Waals surface area contributed by atoms with Crippen molar-refractivity contribution in [3.63, 3.8) is 0 Å². The van der Waals surface area contributed by atoms with Crippen LogP contribution in [0.4, 0.5) is 0 Å². The van der Waals surface area contributed by atoms with Crippen molar-refractivity contribution in [3.05, 3.63) is 36.0 Å². The minimum atomic E-state index is -0.629. The van der Waals surface area contributed by atoms with Gasteiger partial charge in [0.05, 0.1) is 0 Å². The molecule has 2 aromatic rings. The molecule has 1 unspecified atom stereocenters. The number of aliphatic hydroxyl groups is 1. The number of aliphatic hydroxyl groups excluding tert-OH is 1. The zero-order valence-corrected chi connectivity index (χ0v) is 7.94. The molecule has 1 aromatic carbocycles. The van der Waals surface area contributed by atoms with E-state index in [4.69, 9.17) is 0 Å². The fourth-order valence-corrected chi connectivity index (χ4v) is 1.56. The summed E-state index contributed by atoms with van der Waals surface area (Å²) in [6.07, 6.45) is 2.71. The Morgan fingerprint density at radius 3 is 3.00 bits per heavy atom. The van der Waals surface area contributed by atoms with Crippen molar-refractivity contribution in [2.24, 2.45) is 4.99 Å². The average molecular weight is 188 g/mol.